The SMILES string of the molecule is C[N+](C)([O-])CCCOc1ccc(Cl)cc1NC(=O)Nc1cnc(N)cn1. The Morgan fingerprint density at radius 2 is 2.08 bits per heavy atom. The van der Waals surface area contributed by atoms with Gasteiger partial charge in [-0.3, -0.25) is 5.32 Å². The summed E-state index contributed by atoms with van der Waals surface area (Å²) in [6.45, 7) is 0.762. The standard InChI is InChI=1S/C16H21ClN6O3/c1-23(2,25)6-3-7-26-13-5-4-11(17)8-12(13)21-16(24)22-15-10-19-14(18)9-20-15/h4-5,8-10H,3,6-7H2,1-2H3,(H2,18,19)(H2,20,21,22,24). The van der Waals surface area contributed by atoms with Crippen LogP contribution in [0.3, 0.4) is 0 Å². The molecule has 0 aliphatic rings. The first-order chi connectivity index (χ1) is 12.2. The number of hydroxylamine groups is 3. The van der Waals surface area contributed by atoms with Gasteiger partial charge in [-0.05, 0) is 18.2 Å². The molecule has 0 saturated heterocycles. The van der Waals surface area contributed by atoms with Gasteiger partial charge in [0, 0.05) is 11.4 Å². The Morgan fingerprint density at radius 3 is 2.73 bits per heavy atom. The van der Waals surface area contributed by atoms with Crippen molar-refractivity contribution in [3.8, 4) is 5.75 Å². The molecule has 2 rings (SSSR count). The van der Waals surface area contributed by atoms with Crippen LogP contribution in [-0.2, 0) is 0 Å². The first-order valence-corrected chi connectivity index (χ1v) is 8.22. The molecule has 0 radical (unpaired) electrons. The number of aromatic nitrogens is 2. The van der Waals surface area contributed by atoms with Crippen LogP contribution in [0, 0.1) is 5.21 Å². The van der Waals surface area contributed by atoms with E-state index in [0.29, 0.717) is 36.0 Å². The molecule has 0 atom stereocenters. The first kappa shape index (κ1) is 19.7. The Kier molecular flexibility index (Phi) is 6.56. The van der Waals surface area contributed by atoms with E-state index >= 15 is 0 Å². The summed E-state index contributed by atoms with van der Waals surface area (Å²) in [4.78, 5) is 19.9. The highest BCUT2D eigenvalue weighted by atomic mass is 35.5. The maximum atomic E-state index is 12.1. The topological polar surface area (TPSA) is 125 Å². The fourth-order valence-corrected chi connectivity index (χ4v) is 2.20. The molecule has 0 aliphatic heterocycles. The van der Waals surface area contributed by atoms with Gasteiger partial charge in [0.2, 0.25) is 0 Å². The van der Waals surface area contributed by atoms with Crippen molar-refractivity contribution >= 4 is 35.0 Å². The summed E-state index contributed by atoms with van der Waals surface area (Å²) in [5.74, 6) is 0.946. The monoisotopic (exact) mass is 380 g/mol. The van der Waals surface area contributed by atoms with Crippen LogP contribution in [0.2, 0.25) is 5.02 Å². The predicted octanol–water partition coefficient (Wildman–Crippen LogP) is 2.70. The normalized spacial score (nSPS) is 11.1. The number of benzene rings is 1. The maximum absolute atomic E-state index is 12.1. The second kappa shape index (κ2) is 8.65. The number of hydrogen-bond acceptors (Lipinski definition) is 6. The molecule has 0 fully saturated rings. The number of anilines is 3. The van der Waals surface area contributed by atoms with Gasteiger partial charge < -0.3 is 25.6 Å². The van der Waals surface area contributed by atoms with E-state index in [9.17, 15) is 10.0 Å². The quantitative estimate of drug-likeness (QED) is 0.385. The number of urea groups is 1. The van der Waals surface area contributed by atoms with Gasteiger partial charge in [-0.1, -0.05) is 11.6 Å². The molecule has 2 amide bonds. The van der Waals surface area contributed by atoms with E-state index in [2.05, 4.69) is 20.6 Å². The fraction of sp³-hybridized carbons (Fsp3) is 0.312. The molecule has 0 saturated carbocycles. The molecule has 0 bridgehead atoms. The highest BCUT2D eigenvalue weighted by Gasteiger charge is 2.11. The summed E-state index contributed by atoms with van der Waals surface area (Å²) >= 11 is 5.99. The number of hydrogen-bond donors (Lipinski definition) is 3. The van der Waals surface area contributed by atoms with Gasteiger partial charge in [0.15, 0.2) is 5.82 Å². The number of ether oxygens (including phenoxy) is 1. The van der Waals surface area contributed by atoms with E-state index in [0.717, 1.165) is 0 Å². The Balaban J connectivity index is 1.97. The molecule has 9 nitrogen and oxygen atoms in total. The second-order valence-corrected chi connectivity index (χ2v) is 6.48. The molecular formula is C16H21ClN6O3. The van der Waals surface area contributed by atoms with Crippen molar-refractivity contribution in [2.45, 2.75) is 6.42 Å². The molecule has 1 aromatic heterocycles. The lowest BCUT2D eigenvalue weighted by atomic mass is 10.3. The number of nitrogens with one attached hydrogen (secondary N) is 2. The molecule has 2 aromatic rings. The number of rotatable bonds is 7. The van der Waals surface area contributed by atoms with Crippen molar-refractivity contribution in [1.29, 1.82) is 0 Å². The van der Waals surface area contributed by atoms with Crippen molar-refractivity contribution in [3.63, 3.8) is 0 Å². The minimum Gasteiger partial charge on any atom is -0.633 e. The molecule has 10 heteroatoms. The zero-order valence-electron chi connectivity index (χ0n) is 14.5. The van der Waals surface area contributed by atoms with Crippen LogP contribution < -0.4 is 21.1 Å². The number of nitrogens with two attached hydrogens (primary N) is 1. The summed E-state index contributed by atoms with van der Waals surface area (Å²) in [6, 6.07) is 4.34. The largest absolute Gasteiger partial charge is 0.633 e. The van der Waals surface area contributed by atoms with Crippen LogP contribution in [0.15, 0.2) is 30.6 Å². The molecule has 4 N–H and O–H groups in total. The van der Waals surface area contributed by atoms with Crippen LogP contribution in [0.25, 0.3) is 0 Å². The Bertz CT molecular complexity index is 749. The van der Waals surface area contributed by atoms with Gasteiger partial charge in [0.25, 0.3) is 0 Å². The molecule has 1 heterocycles. The van der Waals surface area contributed by atoms with Gasteiger partial charge >= 0.3 is 6.03 Å². The molecule has 0 spiro atoms. The average molecular weight is 381 g/mol. The highest BCUT2D eigenvalue weighted by Crippen LogP contribution is 2.28. The molecule has 26 heavy (non-hydrogen) atoms. The highest BCUT2D eigenvalue weighted by molar-refractivity contribution is 6.31. The van der Waals surface area contributed by atoms with Crippen molar-refractivity contribution < 1.29 is 14.2 Å². The maximum Gasteiger partial charge on any atom is 0.325 e. The smallest absolute Gasteiger partial charge is 0.325 e. The number of nitrogens with zero attached hydrogens (tertiary/aromatic N) is 3. The van der Waals surface area contributed by atoms with E-state index in [4.69, 9.17) is 22.1 Å². The third-order valence-corrected chi connectivity index (χ3v) is 3.44. The molecule has 0 aliphatic carbocycles. The van der Waals surface area contributed by atoms with E-state index in [-0.39, 0.29) is 16.3 Å². The Morgan fingerprint density at radius 1 is 1.31 bits per heavy atom. The van der Waals surface area contributed by atoms with Crippen molar-refractivity contribution in [3.05, 3.63) is 40.8 Å². The Hall–Kier alpha value is -2.62. The van der Waals surface area contributed by atoms with Crippen LogP contribution in [0.4, 0.5) is 22.1 Å². The zero-order chi connectivity index (χ0) is 19.2. The van der Waals surface area contributed by atoms with Crippen LogP contribution in [-0.4, -0.2) is 47.9 Å². The molecule has 1 aromatic carbocycles. The van der Waals surface area contributed by atoms with Gasteiger partial charge in [0.1, 0.15) is 11.6 Å². The number of nitrogen functional groups attached to an aromatic ring is 1. The predicted molar refractivity (Wildman–Crippen MR) is 101 cm³/mol. The number of carbonyl (C=O) groups excluding carboxylic acids is 1. The summed E-state index contributed by atoms with van der Waals surface area (Å²) < 4.78 is 5.27. The van der Waals surface area contributed by atoms with Crippen molar-refractivity contribution in [1.82, 2.24) is 9.97 Å². The summed E-state index contributed by atoms with van der Waals surface area (Å²) in [6.07, 6.45) is 3.25. The summed E-state index contributed by atoms with van der Waals surface area (Å²) in [5.41, 5.74) is 5.85. The van der Waals surface area contributed by atoms with Gasteiger partial charge in [0.05, 0.1) is 45.3 Å². The third-order valence-electron chi connectivity index (χ3n) is 3.20. The first-order valence-electron chi connectivity index (χ1n) is 7.85. The Labute approximate surface area is 156 Å². The molecule has 0 unspecified atom stereocenters. The average Bonchev–Trinajstić information content (AvgIpc) is 2.54. The van der Waals surface area contributed by atoms with Gasteiger partial charge in [-0.15, -0.1) is 0 Å². The fourth-order valence-electron chi connectivity index (χ4n) is 2.03. The minimum atomic E-state index is -0.534. The lowest BCUT2D eigenvalue weighted by molar-refractivity contribution is -0.840. The second-order valence-electron chi connectivity index (χ2n) is 6.05. The van der Waals surface area contributed by atoms with Crippen LogP contribution in [0.5, 0.6) is 5.75 Å². The number of halogens is 1. The van der Waals surface area contributed by atoms with E-state index < -0.39 is 6.03 Å². The van der Waals surface area contributed by atoms with Gasteiger partial charge in [-0.2, -0.15) is 0 Å². The lowest BCUT2D eigenvalue weighted by Crippen LogP contribution is -2.33. The van der Waals surface area contributed by atoms with E-state index in [1.165, 1.54) is 12.4 Å². The molecule has 140 valence electrons. The van der Waals surface area contributed by atoms with Crippen molar-refractivity contribution in [2.75, 3.05) is 43.6 Å². The van der Waals surface area contributed by atoms with Crippen molar-refractivity contribution in [2.24, 2.45) is 0 Å². The van der Waals surface area contributed by atoms with E-state index in [1.54, 1.807) is 32.3 Å². The summed E-state index contributed by atoms with van der Waals surface area (Å²) in [7, 11) is 3.14. The number of amides is 2. The summed E-state index contributed by atoms with van der Waals surface area (Å²) in [5, 5.41) is 17.2. The number of carbonyl (C=O) groups is 1. The number of quaternary nitrogens is 1. The lowest BCUT2D eigenvalue weighted by Gasteiger charge is -2.33. The van der Waals surface area contributed by atoms with E-state index in [1.807, 2.05) is 0 Å². The third kappa shape index (κ3) is 6.71. The van der Waals surface area contributed by atoms with Crippen LogP contribution in [0.1, 0.15) is 6.42 Å². The van der Waals surface area contributed by atoms with Gasteiger partial charge in [-0.25, -0.2) is 14.8 Å². The minimum absolute atomic E-state index is 0.247. The van der Waals surface area contributed by atoms with Crippen LogP contribution >= 0.6 is 11.6 Å². The zero-order valence-corrected chi connectivity index (χ0v) is 15.3. The molecular weight excluding hydrogens is 360 g/mol.